The molecule has 1 N–H and O–H groups in total. The van der Waals surface area contributed by atoms with Crippen LogP contribution in [0.3, 0.4) is 0 Å². The molecule has 0 atom stereocenters. The fourth-order valence-electron chi connectivity index (χ4n) is 3.21. The molecule has 7 heteroatoms. The Morgan fingerprint density at radius 2 is 1.89 bits per heavy atom. The number of hydrogen-bond donors (Lipinski definition) is 1. The molecule has 0 radical (unpaired) electrons. The lowest BCUT2D eigenvalue weighted by Crippen LogP contribution is -2.42. The summed E-state index contributed by atoms with van der Waals surface area (Å²) in [5.41, 5.74) is 1.64. The van der Waals surface area contributed by atoms with Gasteiger partial charge in [-0.2, -0.15) is 0 Å². The van der Waals surface area contributed by atoms with Crippen LogP contribution in [-0.4, -0.2) is 53.9 Å². The maximum atomic E-state index is 12.9. The average Bonchev–Trinajstić information content (AvgIpc) is 2.69. The number of anilines is 2. The quantitative estimate of drug-likeness (QED) is 0.897. The first-order valence-electron chi connectivity index (χ1n) is 9.11. The summed E-state index contributed by atoms with van der Waals surface area (Å²) in [7, 11) is 3.74. The molecule has 1 saturated heterocycles. The third-order valence-corrected chi connectivity index (χ3v) is 4.76. The molecule has 2 amide bonds. The summed E-state index contributed by atoms with van der Waals surface area (Å²) in [6.45, 7) is 3.06. The van der Waals surface area contributed by atoms with E-state index in [1.165, 1.54) is 0 Å². The summed E-state index contributed by atoms with van der Waals surface area (Å²) >= 11 is 0. The Morgan fingerprint density at radius 1 is 1.15 bits per heavy atom. The number of aromatic nitrogens is 2. The van der Waals surface area contributed by atoms with Crippen molar-refractivity contribution in [1.29, 1.82) is 0 Å². The highest BCUT2D eigenvalue weighted by Gasteiger charge is 2.29. The number of carbonyl (C=O) groups excluding carboxylic acids is 2. The minimum atomic E-state index is -0.112. The zero-order valence-electron chi connectivity index (χ0n) is 16.0. The molecule has 1 aliphatic rings. The van der Waals surface area contributed by atoms with E-state index in [4.69, 9.17) is 0 Å². The molecule has 27 heavy (non-hydrogen) atoms. The first-order chi connectivity index (χ1) is 13.0. The average molecular weight is 367 g/mol. The summed E-state index contributed by atoms with van der Waals surface area (Å²) < 4.78 is 0. The first kappa shape index (κ1) is 18.8. The highest BCUT2D eigenvalue weighted by atomic mass is 16.2. The third kappa shape index (κ3) is 4.42. The van der Waals surface area contributed by atoms with Crippen LogP contribution in [0.25, 0.3) is 0 Å². The van der Waals surface area contributed by atoms with Gasteiger partial charge in [-0.3, -0.25) is 9.59 Å². The predicted molar refractivity (Wildman–Crippen MR) is 105 cm³/mol. The number of pyridine rings is 2. The van der Waals surface area contributed by atoms with E-state index in [1.807, 2.05) is 32.0 Å². The number of nitrogens with one attached hydrogen (secondary N) is 1. The molecule has 2 aromatic heterocycles. The van der Waals surface area contributed by atoms with E-state index in [-0.39, 0.29) is 17.7 Å². The maximum absolute atomic E-state index is 12.9. The topological polar surface area (TPSA) is 78.4 Å². The standard InChI is InChI=1S/C20H25N5O2/c1-14-6-7-17(22-13-14)23-19(26)15-8-11-25(12-9-15)20(27)16-5-4-10-21-18(16)24(2)3/h4-7,10,13,15H,8-9,11-12H2,1-3H3,(H,22,23,26). The normalized spacial score (nSPS) is 14.7. The lowest BCUT2D eigenvalue weighted by Gasteiger charge is -2.32. The molecule has 1 aliphatic heterocycles. The van der Waals surface area contributed by atoms with Gasteiger partial charge in [0.2, 0.25) is 5.91 Å². The summed E-state index contributed by atoms with van der Waals surface area (Å²) in [6.07, 6.45) is 4.69. The number of piperidine rings is 1. The summed E-state index contributed by atoms with van der Waals surface area (Å²) in [4.78, 5) is 37.5. The van der Waals surface area contributed by atoms with Gasteiger partial charge in [0.05, 0.1) is 5.56 Å². The van der Waals surface area contributed by atoms with Gasteiger partial charge >= 0.3 is 0 Å². The van der Waals surface area contributed by atoms with Crippen LogP contribution in [0, 0.1) is 12.8 Å². The van der Waals surface area contributed by atoms with Crippen molar-refractivity contribution in [3.8, 4) is 0 Å². The Bertz CT molecular complexity index is 811. The van der Waals surface area contributed by atoms with E-state index in [9.17, 15) is 9.59 Å². The summed E-state index contributed by atoms with van der Waals surface area (Å²) in [5, 5.41) is 2.87. The smallest absolute Gasteiger partial charge is 0.257 e. The van der Waals surface area contributed by atoms with Crippen molar-refractivity contribution in [2.45, 2.75) is 19.8 Å². The van der Waals surface area contributed by atoms with Crippen LogP contribution in [0.15, 0.2) is 36.7 Å². The molecule has 0 aromatic carbocycles. The van der Waals surface area contributed by atoms with Gasteiger partial charge in [0, 0.05) is 45.5 Å². The lowest BCUT2D eigenvalue weighted by molar-refractivity contribution is -0.121. The number of aryl methyl sites for hydroxylation is 1. The molecule has 3 heterocycles. The molecule has 1 fully saturated rings. The SMILES string of the molecule is Cc1ccc(NC(=O)C2CCN(C(=O)c3cccnc3N(C)C)CC2)nc1. The van der Waals surface area contributed by atoms with E-state index < -0.39 is 0 Å². The Kier molecular flexibility index (Phi) is 5.69. The van der Waals surface area contributed by atoms with Gasteiger partial charge in [-0.15, -0.1) is 0 Å². The first-order valence-corrected chi connectivity index (χ1v) is 9.11. The second-order valence-electron chi connectivity index (χ2n) is 7.05. The molecular formula is C20H25N5O2. The number of hydrogen-bond acceptors (Lipinski definition) is 5. The van der Waals surface area contributed by atoms with Crippen LogP contribution in [0.2, 0.25) is 0 Å². The van der Waals surface area contributed by atoms with Crippen LogP contribution in [0.1, 0.15) is 28.8 Å². The van der Waals surface area contributed by atoms with E-state index in [2.05, 4.69) is 15.3 Å². The molecule has 2 aromatic rings. The van der Waals surface area contributed by atoms with Crippen molar-refractivity contribution < 1.29 is 9.59 Å². The van der Waals surface area contributed by atoms with Gasteiger partial charge < -0.3 is 15.1 Å². The third-order valence-electron chi connectivity index (χ3n) is 4.76. The monoisotopic (exact) mass is 367 g/mol. The number of likely N-dealkylation sites (tertiary alicyclic amines) is 1. The van der Waals surface area contributed by atoms with E-state index in [1.54, 1.807) is 35.5 Å². The zero-order chi connectivity index (χ0) is 19.4. The number of carbonyl (C=O) groups is 2. The lowest BCUT2D eigenvalue weighted by atomic mass is 9.95. The largest absolute Gasteiger partial charge is 0.362 e. The number of nitrogens with zero attached hydrogens (tertiary/aromatic N) is 4. The Morgan fingerprint density at radius 3 is 2.52 bits per heavy atom. The van der Waals surface area contributed by atoms with Gasteiger partial charge in [-0.1, -0.05) is 6.07 Å². The molecule has 142 valence electrons. The van der Waals surface area contributed by atoms with Crippen molar-refractivity contribution in [3.63, 3.8) is 0 Å². The van der Waals surface area contributed by atoms with Crippen LogP contribution < -0.4 is 10.2 Å². The molecule has 0 saturated carbocycles. The minimum Gasteiger partial charge on any atom is -0.362 e. The fourth-order valence-corrected chi connectivity index (χ4v) is 3.21. The second kappa shape index (κ2) is 8.16. The number of amides is 2. The summed E-state index contributed by atoms with van der Waals surface area (Å²) in [6, 6.07) is 7.29. The van der Waals surface area contributed by atoms with E-state index in [0.717, 1.165) is 5.56 Å². The van der Waals surface area contributed by atoms with Crippen molar-refractivity contribution in [3.05, 3.63) is 47.8 Å². The zero-order valence-corrected chi connectivity index (χ0v) is 16.0. The maximum Gasteiger partial charge on any atom is 0.257 e. The number of rotatable bonds is 4. The van der Waals surface area contributed by atoms with Gasteiger partial charge in [-0.25, -0.2) is 9.97 Å². The van der Waals surface area contributed by atoms with Gasteiger partial charge in [-0.05, 0) is 43.5 Å². The Hall–Kier alpha value is -2.96. The van der Waals surface area contributed by atoms with Gasteiger partial charge in [0.25, 0.3) is 5.91 Å². The van der Waals surface area contributed by atoms with Crippen LogP contribution in [0.5, 0.6) is 0 Å². The Balaban J connectivity index is 1.59. The minimum absolute atomic E-state index is 0.0335. The van der Waals surface area contributed by atoms with E-state index >= 15 is 0 Å². The molecule has 3 rings (SSSR count). The van der Waals surface area contributed by atoms with Crippen molar-refractivity contribution in [2.24, 2.45) is 5.92 Å². The summed E-state index contributed by atoms with van der Waals surface area (Å²) in [5.74, 6) is 1.04. The van der Waals surface area contributed by atoms with Crippen molar-refractivity contribution in [1.82, 2.24) is 14.9 Å². The molecule has 0 bridgehead atoms. The van der Waals surface area contributed by atoms with Crippen LogP contribution in [0.4, 0.5) is 11.6 Å². The molecule has 7 nitrogen and oxygen atoms in total. The van der Waals surface area contributed by atoms with Crippen LogP contribution >= 0.6 is 0 Å². The molecular weight excluding hydrogens is 342 g/mol. The highest BCUT2D eigenvalue weighted by molar-refractivity contribution is 5.99. The Labute approximate surface area is 159 Å². The molecule has 0 spiro atoms. The molecule has 0 unspecified atom stereocenters. The molecule has 0 aliphatic carbocycles. The predicted octanol–water partition coefficient (Wildman–Crippen LogP) is 2.34. The highest BCUT2D eigenvalue weighted by Crippen LogP contribution is 2.23. The van der Waals surface area contributed by atoms with Gasteiger partial charge in [0.15, 0.2) is 0 Å². The van der Waals surface area contributed by atoms with Crippen molar-refractivity contribution >= 4 is 23.5 Å². The van der Waals surface area contributed by atoms with Crippen molar-refractivity contribution in [2.75, 3.05) is 37.4 Å². The fraction of sp³-hybridized carbons (Fsp3) is 0.400. The van der Waals surface area contributed by atoms with Gasteiger partial charge in [0.1, 0.15) is 11.6 Å². The van der Waals surface area contributed by atoms with E-state index in [0.29, 0.717) is 43.1 Å². The second-order valence-corrected chi connectivity index (χ2v) is 7.05. The van der Waals surface area contributed by atoms with Crippen LogP contribution in [-0.2, 0) is 4.79 Å².